The van der Waals surface area contributed by atoms with Crippen LogP contribution in [-0.4, -0.2) is 65.3 Å². The summed E-state index contributed by atoms with van der Waals surface area (Å²) in [4.78, 5) is 39.8. The Bertz CT molecular complexity index is 551. The highest BCUT2D eigenvalue weighted by atomic mass is 16.2. The summed E-state index contributed by atoms with van der Waals surface area (Å²) in [6.45, 7) is 1.31. The Morgan fingerprint density at radius 3 is 2.70 bits per heavy atom. The minimum Gasteiger partial charge on any atom is -0.345 e. The first-order valence-corrected chi connectivity index (χ1v) is 8.68. The summed E-state index contributed by atoms with van der Waals surface area (Å²) in [7, 11) is 0. The number of amides is 3. The number of hydrogen-bond donors (Lipinski definition) is 2. The Kier molecular flexibility index (Phi) is 3.55. The molecule has 7 nitrogen and oxygen atoms in total. The van der Waals surface area contributed by atoms with Crippen LogP contribution in [-0.2, 0) is 14.4 Å². The predicted molar refractivity (Wildman–Crippen MR) is 82.1 cm³/mol. The topological polar surface area (TPSA) is 95.7 Å². The fourth-order valence-corrected chi connectivity index (χ4v) is 4.51. The van der Waals surface area contributed by atoms with Crippen LogP contribution < -0.4 is 11.1 Å². The largest absolute Gasteiger partial charge is 0.345 e. The summed E-state index contributed by atoms with van der Waals surface area (Å²) in [5.74, 6) is 0.647. The number of nitrogens with one attached hydrogen (secondary N) is 1. The van der Waals surface area contributed by atoms with Crippen molar-refractivity contribution < 1.29 is 14.4 Å². The lowest BCUT2D eigenvalue weighted by Gasteiger charge is -2.37. The third-order valence-corrected chi connectivity index (χ3v) is 5.97. The highest BCUT2D eigenvalue weighted by Gasteiger charge is 2.44. The van der Waals surface area contributed by atoms with Crippen LogP contribution in [0.5, 0.6) is 0 Å². The van der Waals surface area contributed by atoms with Gasteiger partial charge in [0.25, 0.3) is 0 Å². The molecule has 126 valence electrons. The number of nitrogens with zero attached hydrogens (tertiary/aromatic N) is 2. The maximum Gasteiger partial charge on any atom is 0.312 e. The number of hydrogen-bond acceptors (Lipinski definition) is 4. The van der Waals surface area contributed by atoms with Gasteiger partial charge < -0.3 is 20.9 Å². The molecule has 2 saturated heterocycles. The van der Waals surface area contributed by atoms with Crippen molar-refractivity contribution in [1.29, 1.82) is 0 Å². The smallest absolute Gasteiger partial charge is 0.312 e. The van der Waals surface area contributed by atoms with Crippen LogP contribution in [0.15, 0.2) is 0 Å². The first-order valence-electron chi connectivity index (χ1n) is 8.68. The number of carbonyl (C=O) groups excluding carboxylic acids is 3. The summed E-state index contributed by atoms with van der Waals surface area (Å²) in [6.07, 6.45) is 5.03. The molecule has 0 radical (unpaired) electrons. The molecule has 0 aromatic carbocycles. The minimum atomic E-state index is -0.490. The van der Waals surface area contributed by atoms with Gasteiger partial charge in [-0.15, -0.1) is 0 Å². The van der Waals surface area contributed by atoms with Crippen molar-refractivity contribution in [3.05, 3.63) is 0 Å². The molecule has 5 atom stereocenters. The molecule has 4 aliphatic rings. The van der Waals surface area contributed by atoms with Crippen molar-refractivity contribution in [2.75, 3.05) is 19.6 Å². The fourth-order valence-electron chi connectivity index (χ4n) is 4.51. The maximum atomic E-state index is 12.4. The van der Waals surface area contributed by atoms with Gasteiger partial charge in [-0.25, -0.2) is 0 Å². The molecule has 0 bridgehead atoms. The van der Waals surface area contributed by atoms with Crippen molar-refractivity contribution in [3.63, 3.8) is 0 Å². The Balaban J connectivity index is 1.32. The lowest BCUT2D eigenvalue weighted by atomic mass is 9.95. The zero-order valence-electron chi connectivity index (χ0n) is 13.2. The average molecular weight is 320 g/mol. The van der Waals surface area contributed by atoms with Gasteiger partial charge >= 0.3 is 11.8 Å². The van der Waals surface area contributed by atoms with Crippen LogP contribution in [0, 0.1) is 11.8 Å². The minimum absolute atomic E-state index is 0.0345. The van der Waals surface area contributed by atoms with Crippen LogP contribution >= 0.6 is 0 Å². The van der Waals surface area contributed by atoms with E-state index in [1.54, 1.807) is 9.80 Å². The second-order valence-electron chi connectivity index (χ2n) is 7.52. The molecule has 2 saturated carbocycles. The maximum absolute atomic E-state index is 12.4. The van der Waals surface area contributed by atoms with E-state index in [0.29, 0.717) is 26.1 Å². The van der Waals surface area contributed by atoms with E-state index in [1.807, 2.05) is 0 Å². The Morgan fingerprint density at radius 1 is 1.09 bits per heavy atom. The average Bonchev–Trinajstić information content (AvgIpc) is 3.26. The Hall–Kier alpha value is -1.63. The second-order valence-corrected chi connectivity index (χ2v) is 7.52. The van der Waals surface area contributed by atoms with Crippen molar-refractivity contribution >= 4 is 17.7 Å². The summed E-state index contributed by atoms with van der Waals surface area (Å²) < 4.78 is 0. The molecule has 3 amide bonds. The Morgan fingerprint density at radius 2 is 1.91 bits per heavy atom. The fraction of sp³-hybridized carbons (Fsp3) is 0.812. The van der Waals surface area contributed by atoms with E-state index in [0.717, 1.165) is 24.7 Å². The standard InChI is InChI=1S/C16H24N4O3/c17-13-7-12-8-19(3-4-20(12)15(13)22)16(23)14(21)18-11-2-1-9-5-10(9)6-11/h9-13H,1-8,17H2,(H,18,21). The van der Waals surface area contributed by atoms with Crippen LogP contribution in [0.25, 0.3) is 0 Å². The molecule has 4 fully saturated rings. The van der Waals surface area contributed by atoms with E-state index in [2.05, 4.69) is 5.32 Å². The van der Waals surface area contributed by atoms with Gasteiger partial charge in [0.05, 0.1) is 12.1 Å². The van der Waals surface area contributed by atoms with E-state index in [4.69, 9.17) is 5.73 Å². The molecular formula is C16H24N4O3. The monoisotopic (exact) mass is 320 g/mol. The molecule has 23 heavy (non-hydrogen) atoms. The zero-order valence-corrected chi connectivity index (χ0v) is 13.2. The molecule has 7 heteroatoms. The van der Waals surface area contributed by atoms with Gasteiger partial charge in [0.1, 0.15) is 0 Å². The van der Waals surface area contributed by atoms with Crippen LogP contribution in [0.3, 0.4) is 0 Å². The molecule has 0 aromatic rings. The first-order chi connectivity index (χ1) is 11.0. The first kappa shape index (κ1) is 14.9. The number of fused-ring (bicyclic) bond motifs is 2. The quantitative estimate of drug-likeness (QED) is 0.610. The summed E-state index contributed by atoms with van der Waals surface area (Å²) in [5.41, 5.74) is 5.79. The van der Waals surface area contributed by atoms with Gasteiger partial charge in [0.2, 0.25) is 5.91 Å². The van der Waals surface area contributed by atoms with Gasteiger partial charge in [-0.05, 0) is 43.9 Å². The molecule has 2 aliphatic heterocycles. The van der Waals surface area contributed by atoms with Crippen molar-refractivity contribution in [1.82, 2.24) is 15.1 Å². The number of piperazine rings is 1. The molecule has 3 N–H and O–H groups in total. The van der Waals surface area contributed by atoms with E-state index in [1.165, 1.54) is 12.8 Å². The van der Waals surface area contributed by atoms with Crippen molar-refractivity contribution in [2.45, 2.75) is 50.2 Å². The lowest BCUT2D eigenvalue weighted by Crippen LogP contribution is -2.56. The zero-order chi connectivity index (χ0) is 16.1. The third kappa shape index (κ3) is 2.71. The van der Waals surface area contributed by atoms with Gasteiger partial charge in [-0.1, -0.05) is 0 Å². The molecule has 0 aromatic heterocycles. The number of carbonyl (C=O) groups is 3. The molecule has 4 rings (SSSR count). The number of nitrogens with two attached hydrogens (primary N) is 1. The van der Waals surface area contributed by atoms with Gasteiger partial charge in [-0.3, -0.25) is 14.4 Å². The van der Waals surface area contributed by atoms with E-state index >= 15 is 0 Å². The third-order valence-electron chi connectivity index (χ3n) is 5.97. The van der Waals surface area contributed by atoms with Crippen molar-refractivity contribution in [3.8, 4) is 0 Å². The molecule has 2 heterocycles. The highest BCUT2D eigenvalue weighted by Crippen LogP contribution is 2.49. The molecule has 0 spiro atoms. The summed E-state index contributed by atoms with van der Waals surface area (Å²) >= 11 is 0. The molecular weight excluding hydrogens is 296 g/mol. The van der Waals surface area contributed by atoms with Gasteiger partial charge in [-0.2, -0.15) is 0 Å². The van der Waals surface area contributed by atoms with E-state index in [-0.39, 0.29) is 18.0 Å². The SMILES string of the molecule is NC1CC2CN(C(=O)C(=O)NC3CCC4CC4C3)CCN2C1=O. The van der Waals surface area contributed by atoms with E-state index < -0.39 is 17.9 Å². The summed E-state index contributed by atoms with van der Waals surface area (Å²) in [5, 5.41) is 2.91. The second kappa shape index (κ2) is 5.47. The molecule has 2 aliphatic carbocycles. The molecule has 5 unspecified atom stereocenters. The highest BCUT2D eigenvalue weighted by molar-refractivity contribution is 6.35. The van der Waals surface area contributed by atoms with Gasteiger partial charge in [0.15, 0.2) is 0 Å². The predicted octanol–water partition coefficient (Wildman–Crippen LogP) is -0.938. The summed E-state index contributed by atoms with van der Waals surface area (Å²) in [6, 6.07) is -0.347. The number of rotatable bonds is 1. The van der Waals surface area contributed by atoms with Crippen LogP contribution in [0.1, 0.15) is 32.1 Å². The van der Waals surface area contributed by atoms with Crippen LogP contribution in [0.2, 0.25) is 0 Å². The van der Waals surface area contributed by atoms with E-state index in [9.17, 15) is 14.4 Å². The lowest BCUT2D eigenvalue weighted by molar-refractivity contribution is -0.149. The van der Waals surface area contributed by atoms with Crippen LogP contribution in [0.4, 0.5) is 0 Å². The Labute approximate surface area is 135 Å². The van der Waals surface area contributed by atoms with Crippen molar-refractivity contribution in [2.24, 2.45) is 17.6 Å². The van der Waals surface area contributed by atoms with Gasteiger partial charge in [0, 0.05) is 25.7 Å². The normalized spacial score (nSPS) is 38.8.